The summed E-state index contributed by atoms with van der Waals surface area (Å²) in [6.45, 7) is 4.85. The maximum atomic E-state index is 14.8. The van der Waals surface area contributed by atoms with E-state index in [2.05, 4.69) is 0 Å². The van der Waals surface area contributed by atoms with Gasteiger partial charge >= 0.3 is 5.97 Å². The molecular formula is C21H18ClF2NO4. The predicted octanol–water partition coefficient (Wildman–Crippen LogP) is 4.77. The molecule has 0 aliphatic carbocycles. The molecule has 3 rings (SSSR count). The van der Waals surface area contributed by atoms with E-state index in [4.69, 9.17) is 16.3 Å². The van der Waals surface area contributed by atoms with Gasteiger partial charge in [-0.15, -0.1) is 0 Å². The number of esters is 1. The molecule has 0 unspecified atom stereocenters. The molecular weight excluding hydrogens is 404 g/mol. The Bertz CT molecular complexity index is 1120. The molecule has 3 aromatic rings. The molecule has 0 saturated carbocycles. The van der Waals surface area contributed by atoms with Crippen molar-refractivity contribution in [1.82, 2.24) is 4.57 Å². The van der Waals surface area contributed by atoms with Crippen LogP contribution in [-0.4, -0.2) is 27.7 Å². The van der Waals surface area contributed by atoms with E-state index < -0.39 is 29.3 Å². The molecule has 8 heteroatoms. The minimum atomic E-state index is -1.24. The number of halogens is 3. The summed E-state index contributed by atoms with van der Waals surface area (Å²) in [6.07, 6.45) is -0.730. The minimum absolute atomic E-state index is 0.0948. The van der Waals surface area contributed by atoms with Gasteiger partial charge < -0.3 is 9.84 Å². The monoisotopic (exact) mass is 421 g/mol. The number of carbonyl (C=O) groups is 2. The molecule has 0 saturated heterocycles. The number of aromatic hydroxyl groups is 1. The Morgan fingerprint density at radius 2 is 1.83 bits per heavy atom. The summed E-state index contributed by atoms with van der Waals surface area (Å²) in [6, 6.07) is 6.87. The molecule has 0 spiro atoms. The first-order chi connectivity index (χ1) is 13.6. The van der Waals surface area contributed by atoms with Gasteiger partial charge in [0.15, 0.2) is 17.4 Å². The number of fused-ring (bicyclic) bond motifs is 1. The van der Waals surface area contributed by atoms with Gasteiger partial charge in [0.2, 0.25) is 0 Å². The van der Waals surface area contributed by atoms with E-state index in [-0.39, 0.29) is 40.2 Å². The van der Waals surface area contributed by atoms with Crippen LogP contribution in [0.15, 0.2) is 30.3 Å². The summed E-state index contributed by atoms with van der Waals surface area (Å²) < 4.78 is 35.0. The van der Waals surface area contributed by atoms with Crippen molar-refractivity contribution in [1.29, 1.82) is 0 Å². The number of nitrogens with zero attached hydrogens (tertiary/aromatic N) is 1. The van der Waals surface area contributed by atoms with Crippen LogP contribution in [0.1, 0.15) is 35.5 Å². The Labute approximate surface area is 170 Å². The third kappa shape index (κ3) is 3.82. The Morgan fingerprint density at radius 1 is 1.21 bits per heavy atom. The topological polar surface area (TPSA) is 68.5 Å². The van der Waals surface area contributed by atoms with E-state index in [0.29, 0.717) is 5.02 Å². The highest BCUT2D eigenvalue weighted by molar-refractivity contribution is 6.30. The third-order valence-corrected chi connectivity index (χ3v) is 4.72. The number of benzene rings is 2. The highest BCUT2D eigenvalue weighted by Crippen LogP contribution is 2.35. The SMILES string of the molecule is Cc1c(CC(=O)OC(C)C)c2c(F)c(O)c(F)cc2n1C(=O)c1ccc(Cl)cc1. The van der Waals surface area contributed by atoms with Crippen molar-refractivity contribution in [3.63, 3.8) is 0 Å². The average molecular weight is 422 g/mol. The summed E-state index contributed by atoms with van der Waals surface area (Å²) in [5, 5.41) is 9.94. The number of phenolic OH excluding ortho intramolecular Hbond substituents is 1. The molecule has 152 valence electrons. The molecule has 0 aliphatic rings. The molecule has 1 aromatic heterocycles. The van der Waals surface area contributed by atoms with E-state index in [1.807, 2.05) is 0 Å². The number of rotatable bonds is 4. The fraction of sp³-hybridized carbons (Fsp3) is 0.238. The molecule has 0 aliphatic heterocycles. The first-order valence-corrected chi connectivity index (χ1v) is 9.20. The fourth-order valence-electron chi connectivity index (χ4n) is 3.20. The van der Waals surface area contributed by atoms with Crippen molar-refractivity contribution in [2.45, 2.75) is 33.3 Å². The van der Waals surface area contributed by atoms with Gasteiger partial charge in [0.1, 0.15) is 0 Å². The lowest BCUT2D eigenvalue weighted by Crippen LogP contribution is -2.16. The van der Waals surface area contributed by atoms with Gasteiger partial charge in [-0.3, -0.25) is 14.2 Å². The molecule has 0 atom stereocenters. The van der Waals surface area contributed by atoms with Crippen LogP contribution in [0.3, 0.4) is 0 Å². The maximum absolute atomic E-state index is 14.8. The van der Waals surface area contributed by atoms with Crippen LogP contribution in [0, 0.1) is 18.6 Å². The van der Waals surface area contributed by atoms with Crippen LogP contribution in [0.25, 0.3) is 10.9 Å². The first-order valence-electron chi connectivity index (χ1n) is 8.82. The van der Waals surface area contributed by atoms with Crippen LogP contribution < -0.4 is 0 Å². The van der Waals surface area contributed by atoms with Crippen LogP contribution in [0.4, 0.5) is 8.78 Å². The third-order valence-electron chi connectivity index (χ3n) is 4.47. The maximum Gasteiger partial charge on any atom is 0.310 e. The lowest BCUT2D eigenvalue weighted by molar-refractivity contribution is -0.146. The minimum Gasteiger partial charge on any atom is -0.503 e. The van der Waals surface area contributed by atoms with Crippen molar-refractivity contribution in [2.75, 3.05) is 0 Å². The standard InChI is InChI=1S/C21H18ClF2NO4/c1-10(2)29-17(26)8-14-11(3)25(21(28)12-4-6-13(22)7-5-12)16-9-15(23)20(27)19(24)18(14)16/h4-7,9-10,27H,8H2,1-3H3. The van der Waals surface area contributed by atoms with E-state index in [9.17, 15) is 23.5 Å². The van der Waals surface area contributed by atoms with Crippen molar-refractivity contribution >= 4 is 34.4 Å². The normalized spacial score (nSPS) is 11.3. The van der Waals surface area contributed by atoms with E-state index >= 15 is 0 Å². The smallest absolute Gasteiger partial charge is 0.310 e. The van der Waals surface area contributed by atoms with E-state index in [1.54, 1.807) is 13.8 Å². The molecule has 2 aromatic carbocycles. The van der Waals surface area contributed by atoms with E-state index in [0.717, 1.165) is 10.6 Å². The number of ether oxygens (including phenoxy) is 1. The Hall–Kier alpha value is -2.93. The van der Waals surface area contributed by atoms with Crippen LogP contribution in [0.5, 0.6) is 5.75 Å². The lowest BCUT2D eigenvalue weighted by Gasteiger charge is -2.09. The van der Waals surface area contributed by atoms with Crippen LogP contribution in [0.2, 0.25) is 5.02 Å². The highest BCUT2D eigenvalue weighted by Gasteiger charge is 2.27. The van der Waals surface area contributed by atoms with Gasteiger partial charge in [-0.25, -0.2) is 8.78 Å². The Balaban J connectivity index is 2.24. The van der Waals surface area contributed by atoms with Gasteiger partial charge in [0.25, 0.3) is 5.91 Å². The molecule has 0 fully saturated rings. The Kier molecular flexibility index (Phi) is 5.61. The molecule has 29 heavy (non-hydrogen) atoms. The summed E-state index contributed by atoms with van der Waals surface area (Å²) in [4.78, 5) is 25.3. The molecule has 5 nitrogen and oxygen atoms in total. The van der Waals surface area contributed by atoms with Crippen molar-refractivity contribution in [3.8, 4) is 5.75 Å². The van der Waals surface area contributed by atoms with E-state index in [1.165, 1.54) is 31.2 Å². The first kappa shape index (κ1) is 20.8. The second kappa shape index (κ2) is 7.83. The Morgan fingerprint density at radius 3 is 2.41 bits per heavy atom. The number of phenols is 1. The summed E-state index contributed by atoms with van der Waals surface area (Å²) in [7, 11) is 0. The molecule has 0 amide bonds. The lowest BCUT2D eigenvalue weighted by atomic mass is 10.1. The largest absolute Gasteiger partial charge is 0.503 e. The second-order valence-electron chi connectivity index (χ2n) is 6.84. The summed E-state index contributed by atoms with van der Waals surface area (Å²) in [5.74, 6) is -4.82. The quantitative estimate of drug-likeness (QED) is 0.616. The number of aromatic nitrogens is 1. The average Bonchev–Trinajstić information content (AvgIpc) is 2.90. The van der Waals surface area contributed by atoms with Crippen molar-refractivity contribution in [3.05, 3.63) is 63.8 Å². The zero-order valence-electron chi connectivity index (χ0n) is 15.9. The zero-order valence-corrected chi connectivity index (χ0v) is 16.7. The van der Waals surface area contributed by atoms with Gasteiger partial charge in [0.05, 0.1) is 18.0 Å². The predicted molar refractivity (Wildman–Crippen MR) is 104 cm³/mol. The summed E-state index contributed by atoms with van der Waals surface area (Å²) in [5.41, 5.74) is 0.521. The van der Waals surface area contributed by atoms with Crippen molar-refractivity contribution in [2.24, 2.45) is 0 Å². The van der Waals surface area contributed by atoms with Gasteiger partial charge in [-0.1, -0.05) is 11.6 Å². The second-order valence-corrected chi connectivity index (χ2v) is 7.28. The molecule has 0 bridgehead atoms. The molecule has 1 N–H and O–H groups in total. The fourth-order valence-corrected chi connectivity index (χ4v) is 3.33. The summed E-state index contributed by atoms with van der Waals surface area (Å²) >= 11 is 5.85. The van der Waals surface area contributed by atoms with Gasteiger partial charge in [-0.2, -0.15) is 0 Å². The highest BCUT2D eigenvalue weighted by atomic mass is 35.5. The molecule has 1 heterocycles. The zero-order chi connectivity index (χ0) is 21.5. The number of hydrogen-bond acceptors (Lipinski definition) is 4. The van der Waals surface area contributed by atoms with Crippen LogP contribution in [-0.2, 0) is 16.0 Å². The van der Waals surface area contributed by atoms with Crippen molar-refractivity contribution < 1.29 is 28.2 Å². The number of carbonyl (C=O) groups excluding carboxylic acids is 2. The van der Waals surface area contributed by atoms with Crippen LogP contribution >= 0.6 is 11.6 Å². The number of hydrogen-bond donors (Lipinski definition) is 1. The van der Waals surface area contributed by atoms with Gasteiger partial charge in [-0.05, 0) is 50.6 Å². The van der Waals surface area contributed by atoms with Gasteiger partial charge in [0, 0.05) is 27.7 Å². The molecule has 0 radical (unpaired) electrons.